The molecular weight excluding hydrogens is 254 g/mol. The van der Waals surface area contributed by atoms with Crippen molar-refractivity contribution in [1.29, 1.82) is 0 Å². The van der Waals surface area contributed by atoms with Crippen molar-refractivity contribution < 1.29 is 9.84 Å². The topological polar surface area (TPSA) is 59.3 Å². The number of aliphatic hydroxyl groups is 1. The lowest BCUT2D eigenvalue weighted by atomic mass is 9.91. The number of aliphatic hydroxyl groups excluding tert-OH is 1. The van der Waals surface area contributed by atoms with Gasteiger partial charge in [-0.2, -0.15) is 5.10 Å². The molecule has 0 saturated carbocycles. The molecule has 0 spiro atoms. The van der Waals surface area contributed by atoms with E-state index in [2.05, 4.69) is 10.4 Å². The Bertz CT molecular complexity index is 414. The van der Waals surface area contributed by atoms with Gasteiger partial charge in [-0.15, -0.1) is 0 Å². The second-order valence-electron chi connectivity index (χ2n) is 4.87. The highest BCUT2D eigenvalue weighted by molar-refractivity contribution is 6.31. The second-order valence-corrected chi connectivity index (χ2v) is 5.25. The molecule has 2 rings (SSSR count). The minimum atomic E-state index is -0.250. The van der Waals surface area contributed by atoms with Gasteiger partial charge in [-0.3, -0.25) is 4.68 Å². The van der Waals surface area contributed by atoms with Crippen LogP contribution in [0.5, 0.6) is 0 Å². The predicted octanol–water partition coefficient (Wildman–Crippen LogP) is 1.01. The maximum absolute atomic E-state index is 9.59. The Labute approximate surface area is 112 Å². The first-order chi connectivity index (χ1) is 8.58. The normalized spacial score (nSPS) is 19.1. The number of aromatic nitrogens is 2. The zero-order valence-electron chi connectivity index (χ0n) is 10.9. The Hall–Kier alpha value is -0.620. The number of nitrogens with zero attached hydrogens (tertiary/aromatic N) is 2. The molecule has 1 aliphatic rings. The molecule has 0 atom stereocenters. The van der Waals surface area contributed by atoms with Crippen LogP contribution in [0.1, 0.15) is 24.2 Å². The van der Waals surface area contributed by atoms with Crippen LogP contribution in [-0.2, 0) is 18.3 Å². The van der Waals surface area contributed by atoms with E-state index in [9.17, 15) is 5.11 Å². The smallest absolute Gasteiger partial charge is 0.0860 e. The Morgan fingerprint density at radius 1 is 1.50 bits per heavy atom. The van der Waals surface area contributed by atoms with Crippen molar-refractivity contribution in [2.75, 3.05) is 19.8 Å². The number of rotatable bonds is 4. The molecule has 0 amide bonds. The zero-order chi connectivity index (χ0) is 13.2. The first-order valence-corrected chi connectivity index (χ1v) is 6.57. The summed E-state index contributed by atoms with van der Waals surface area (Å²) < 4.78 is 7.12. The van der Waals surface area contributed by atoms with Crippen LogP contribution in [0.25, 0.3) is 0 Å². The van der Waals surface area contributed by atoms with Crippen LogP contribution in [-0.4, -0.2) is 40.2 Å². The fraction of sp³-hybridized carbons (Fsp3) is 0.750. The maximum Gasteiger partial charge on any atom is 0.0860 e. The molecule has 102 valence electrons. The summed E-state index contributed by atoms with van der Waals surface area (Å²) in [6.07, 6.45) is 1.63. The lowest BCUT2D eigenvalue weighted by molar-refractivity contribution is 0.0109. The summed E-state index contributed by atoms with van der Waals surface area (Å²) in [6, 6.07) is 0. The Morgan fingerprint density at radius 2 is 2.17 bits per heavy atom. The van der Waals surface area contributed by atoms with E-state index in [1.807, 2.05) is 14.0 Å². The molecule has 1 fully saturated rings. The van der Waals surface area contributed by atoms with Crippen LogP contribution in [0.2, 0.25) is 5.02 Å². The van der Waals surface area contributed by atoms with Crippen LogP contribution in [0.15, 0.2) is 0 Å². The van der Waals surface area contributed by atoms with E-state index in [0.29, 0.717) is 24.8 Å². The van der Waals surface area contributed by atoms with Gasteiger partial charge in [0.05, 0.1) is 23.0 Å². The number of nitrogens with one attached hydrogen (secondary N) is 1. The monoisotopic (exact) mass is 273 g/mol. The lowest BCUT2D eigenvalue weighted by Crippen LogP contribution is -2.52. The van der Waals surface area contributed by atoms with Gasteiger partial charge in [0.2, 0.25) is 0 Å². The van der Waals surface area contributed by atoms with Crippen molar-refractivity contribution in [3.05, 3.63) is 16.4 Å². The molecule has 1 aromatic heterocycles. The van der Waals surface area contributed by atoms with Crippen molar-refractivity contribution in [2.24, 2.45) is 7.05 Å². The molecular formula is C12H20ClN3O2. The van der Waals surface area contributed by atoms with Crippen LogP contribution < -0.4 is 5.32 Å². The summed E-state index contributed by atoms with van der Waals surface area (Å²) >= 11 is 6.21. The van der Waals surface area contributed by atoms with E-state index >= 15 is 0 Å². The number of hydrogen-bond donors (Lipinski definition) is 2. The first-order valence-electron chi connectivity index (χ1n) is 6.19. The van der Waals surface area contributed by atoms with Crippen molar-refractivity contribution >= 4 is 11.6 Å². The molecule has 1 aliphatic heterocycles. The van der Waals surface area contributed by atoms with Gasteiger partial charge >= 0.3 is 0 Å². The molecule has 0 unspecified atom stereocenters. The molecule has 0 radical (unpaired) electrons. The standard InChI is InChI=1S/C12H20ClN3O2/c1-9-11(13)10(16(2)15-9)7-14-12(8-17)3-5-18-6-4-12/h14,17H,3-8H2,1-2H3. The van der Waals surface area contributed by atoms with E-state index in [1.54, 1.807) is 4.68 Å². The van der Waals surface area contributed by atoms with Crippen LogP contribution >= 0.6 is 11.6 Å². The molecule has 0 aromatic carbocycles. The average molecular weight is 274 g/mol. The van der Waals surface area contributed by atoms with Gasteiger partial charge in [0.25, 0.3) is 0 Å². The second kappa shape index (κ2) is 5.57. The highest BCUT2D eigenvalue weighted by Crippen LogP contribution is 2.23. The van der Waals surface area contributed by atoms with Crippen molar-refractivity contribution in [3.63, 3.8) is 0 Å². The minimum absolute atomic E-state index is 0.116. The predicted molar refractivity (Wildman–Crippen MR) is 69.7 cm³/mol. The molecule has 1 aromatic rings. The maximum atomic E-state index is 9.59. The van der Waals surface area contributed by atoms with Crippen LogP contribution in [0.3, 0.4) is 0 Å². The highest BCUT2D eigenvalue weighted by Gasteiger charge is 2.31. The third-order valence-electron chi connectivity index (χ3n) is 3.65. The molecule has 2 heterocycles. The fourth-order valence-electron chi connectivity index (χ4n) is 2.30. The summed E-state index contributed by atoms with van der Waals surface area (Å²) in [5.41, 5.74) is 1.54. The van der Waals surface area contributed by atoms with Gasteiger partial charge < -0.3 is 15.2 Å². The number of halogens is 1. The SMILES string of the molecule is Cc1nn(C)c(CNC2(CO)CCOCC2)c1Cl. The van der Waals surface area contributed by atoms with E-state index in [-0.39, 0.29) is 12.1 Å². The Kier molecular flexibility index (Phi) is 4.27. The van der Waals surface area contributed by atoms with Gasteiger partial charge in [-0.05, 0) is 19.8 Å². The molecule has 0 aliphatic carbocycles. The summed E-state index contributed by atoms with van der Waals surface area (Å²) in [5.74, 6) is 0. The third-order valence-corrected chi connectivity index (χ3v) is 4.14. The van der Waals surface area contributed by atoms with E-state index in [0.717, 1.165) is 24.2 Å². The molecule has 1 saturated heterocycles. The Balaban J connectivity index is 2.05. The van der Waals surface area contributed by atoms with Gasteiger partial charge in [0.15, 0.2) is 0 Å². The number of ether oxygens (including phenoxy) is 1. The summed E-state index contributed by atoms with van der Waals surface area (Å²) in [4.78, 5) is 0. The zero-order valence-corrected chi connectivity index (χ0v) is 11.6. The van der Waals surface area contributed by atoms with Gasteiger partial charge in [-0.25, -0.2) is 0 Å². The molecule has 5 nitrogen and oxygen atoms in total. The van der Waals surface area contributed by atoms with E-state index < -0.39 is 0 Å². The highest BCUT2D eigenvalue weighted by atomic mass is 35.5. The average Bonchev–Trinajstić information content (AvgIpc) is 2.62. The fourth-order valence-corrected chi connectivity index (χ4v) is 2.52. The van der Waals surface area contributed by atoms with E-state index in [4.69, 9.17) is 16.3 Å². The molecule has 0 bridgehead atoms. The van der Waals surface area contributed by atoms with E-state index in [1.165, 1.54) is 0 Å². The first kappa shape index (κ1) is 13.8. The molecule has 18 heavy (non-hydrogen) atoms. The van der Waals surface area contributed by atoms with Crippen LogP contribution in [0, 0.1) is 6.92 Å². The summed E-state index contributed by atoms with van der Waals surface area (Å²) in [6.45, 7) is 3.99. The summed E-state index contributed by atoms with van der Waals surface area (Å²) in [7, 11) is 1.88. The lowest BCUT2D eigenvalue weighted by Gasteiger charge is -2.36. The molecule has 6 heteroatoms. The number of hydrogen-bond acceptors (Lipinski definition) is 4. The van der Waals surface area contributed by atoms with Crippen molar-refractivity contribution in [1.82, 2.24) is 15.1 Å². The van der Waals surface area contributed by atoms with Gasteiger partial charge in [0, 0.05) is 32.3 Å². The van der Waals surface area contributed by atoms with Gasteiger partial charge in [0.1, 0.15) is 0 Å². The molecule has 2 N–H and O–H groups in total. The van der Waals surface area contributed by atoms with Crippen LogP contribution in [0.4, 0.5) is 0 Å². The largest absolute Gasteiger partial charge is 0.394 e. The van der Waals surface area contributed by atoms with Gasteiger partial charge in [-0.1, -0.05) is 11.6 Å². The van der Waals surface area contributed by atoms with Crippen molar-refractivity contribution in [2.45, 2.75) is 31.8 Å². The summed E-state index contributed by atoms with van der Waals surface area (Å²) in [5, 5.41) is 18.0. The number of aryl methyl sites for hydroxylation is 2. The Morgan fingerprint density at radius 3 is 2.67 bits per heavy atom. The van der Waals surface area contributed by atoms with Crippen molar-refractivity contribution in [3.8, 4) is 0 Å². The minimum Gasteiger partial charge on any atom is -0.394 e. The third kappa shape index (κ3) is 2.69. The quantitative estimate of drug-likeness (QED) is 0.860.